The Hall–Kier alpha value is -1.26. The molecule has 1 aromatic rings. The Morgan fingerprint density at radius 2 is 2.05 bits per heavy atom. The summed E-state index contributed by atoms with van der Waals surface area (Å²) in [5.74, 6) is -0.405. The van der Waals surface area contributed by atoms with Gasteiger partial charge in [-0.2, -0.15) is 0 Å². The van der Waals surface area contributed by atoms with Gasteiger partial charge in [0.05, 0.1) is 17.7 Å². The number of carbonyl (C=O) groups excluding carboxylic acids is 1. The molecule has 0 bridgehead atoms. The van der Waals surface area contributed by atoms with Gasteiger partial charge in [0, 0.05) is 12.1 Å². The molecule has 0 spiro atoms. The Morgan fingerprint density at radius 1 is 1.37 bits per heavy atom. The van der Waals surface area contributed by atoms with E-state index in [2.05, 4.69) is 0 Å². The van der Waals surface area contributed by atoms with Crippen LogP contribution in [0.1, 0.15) is 36.0 Å². The number of carbonyl (C=O) groups is 1. The van der Waals surface area contributed by atoms with Gasteiger partial charge in [0.25, 0.3) is 5.91 Å². The van der Waals surface area contributed by atoms with Crippen molar-refractivity contribution < 1.29 is 15.0 Å². The lowest BCUT2D eigenvalue weighted by Crippen LogP contribution is -2.46. The number of rotatable bonds is 2. The summed E-state index contributed by atoms with van der Waals surface area (Å²) in [5, 5.41) is 20.1. The highest BCUT2D eigenvalue weighted by molar-refractivity contribution is 6.31. The van der Waals surface area contributed by atoms with Gasteiger partial charge in [0.2, 0.25) is 0 Å². The highest BCUT2D eigenvalue weighted by Gasteiger charge is 2.30. The first-order chi connectivity index (χ1) is 9.00. The molecule has 104 valence electrons. The fourth-order valence-electron chi connectivity index (χ4n) is 2.56. The predicted octanol–water partition coefficient (Wildman–Crippen LogP) is 2.42. The molecule has 1 aliphatic carbocycles. The number of aromatic hydroxyl groups is 1. The van der Waals surface area contributed by atoms with Crippen molar-refractivity contribution in [3.05, 3.63) is 28.8 Å². The minimum absolute atomic E-state index is 0.0912. The number of hydrogen-bond donors (Lipinski definition) is 2. The van der Waals surface area contributed by atoms with E-state index in [-0.39, 0.29) is 23.3 Å². The normalized spacial score (nSPS) is 23.1. The number of aliphatic hydroxyl groups is 1. The third-order valence-electron chi connectivity index (χ3n) is 3.70. The van der Waals surface area contributed by atoms with Gasteiger partial charge in [-0.05, 0) is 31.0 Å². The van der Waals surface area contributed by atoms with Gasteiger partial charge in [-0.3, -0.25) is 4.79 Å². The summed E-state index contributed by atoms with van der Waals surface area (Å²) in [6.45, 7) is 0. The maximum atomic E-state index is 12.4. The number of hydrogen-bond acceptors (Lipinski definition) is 3. The molecule has 1 saturated carbocycles. The van der Waals surface area contributed by atoms with E-state index in [4.69, 9.17) is 11.6 Å². The zero-order valence-electron chi connectivity index (χ0n) is 10.8. The van der Waals surface area contributed by atoms with Crippen LogP contribution in [0, 0.1) is 0 Å². The molecular formula is C14H18ClNO3. The van der Waals surface area contributed by atoms with Gasteiger partial charge in [-0.1, -0.05) is 24.4 Å². The Morgan fingerprint density at radius 3 is 2.74 bits per heavy atom. The molecule has 19 heavy (non-hydrogen) atoms. The van der Waals surface area contributed by atoms with E-state index in [0.717, 1.165) is 19.3 Å². The van der Waals surface area contributed by atoms with Crippen LogP contribution in [0.25, 0.3) is 0 Å². The van der Waals surface area contributed by atoms with Crippen molar-refractivity contribution in [2.75, 3.05) is 7.05 Å². The van der Waals surface area contributed by atoms with Crippen molar-refractivity contribution in [2.24, 2.45) is 0 Å². The van der Waals surface area contributed by atoms with Gasteiger partial charge in [0.1, 0.15) is 5.75 Å². The summed E-state index contributed by atoms with van der Waals surface area (Å²) < 4.78 is 0. The molecule has 1 fully saturated rings. The Balaban J connectivity index is 2.20. The number of nitrogens with zero attached hydrogens (tertiary/aromatic N) is 1. The average molecular weight is 284 g/mol. The SMILES string of the molecule is CN(C(=O)c1cc(Cl)ccc1O)C1CCCCC1O. The molecule has 1 aliphatic rings. The van der Waals surface area contributed by atoms with Gasteiger partial charge in [0.15, 0.2) is 0 Å². The van der Waals surface area contributed by atoms with Crippen molar-refractivity contribution in [2.45, 2.75) is 37.8 Å². The van der Waals surface area contributed by atoms with Crippen LogP contribution in [0.5, 0.6) is 5.75 Å². The molecule has 1 amide bonds. The molecule has 2 atom stereocenters. The van der Waals surface area contributed by atoms with Crippen molar-refractivity contribution in [3.63, 3.8) is 0 Å². The summed E-state index contributed by atoms with van der Waals surface area (Å²) in [4.78, 5) is 13.9. The number of phenols is 1. The second kappa shape index (κ2) is 5.80. The van der Waals surface area contributed by atoms with Crippen LogP contribution in [0.2, 0.25) is 5.02 Å². The van der Waals surface area contributed by atoms with E-state index < -0.39 is 6.10 Å². The lowest BCUT2D eigenvalue weighted by atomic mass is 9.91. The zero-order chi connectivity index (χ0) is 14.0. The third-order valence-corrected chi connectivity index (χ3v) is 3.94. The summed E-state index contributed by atoms with van der Waals surface area (Å²) in [7, 11) is 1.65. The minimum atomic E-state index is -0.496. The maximum Gasteiger partial charge on any atom is 0.257 e. The average Bonchev–Trinajstić information content (AvgIpc) is 2.40. The molecule has 0 aromatic heterocycles. The van der Waals surface area contributed by atoms with Gasteiger partial charge in [-0.15, -0.1) is 0 Å². The summed E-state index contributed by atoms with van der Waals surface area (Å²) in [6.07, 6.45) is 2.99. The number of likely N-dealkylation sites (N-methyl/N-ethyl adjacent to an activating group) is 1. The fourth-order valence-corrected chi connectivity index (χ4v) is 2.74. The largest absolute Gasteiger partial charge is 0.507 e. The molecule has 4 nitrogen and oxygen atoms in total. The van der Waals surface area contributed by atoms with Gasteiger partial charge < -0.3 is 15.1 Å². The number of amides is 1. The number of phenolic OH excluding ortho intramolecular Hbond substituents is 1. The lowest BCUT2D eigenvalue weighted by molar-refractivity contribution is 0.0266. The molecule has 1 aromatic carbocycles. The summed E-state index contributed by atoms with van der Waals surface area (Å²) in [5.41, 5.74) is 0.174. The van der Waals surface area contributed by atoms with Crippen molar-refractivity contribution in [3.8, 4) is 5.75 Å². The highest BCUT2D eigenvalue weighted by Crippen LogP contribution is 2.27. The smallest absolute Gasteiger partial charge is 0.257 e. The second-order valence-corrected chi connectivity index (χ2v) is 5.43. The zero-order valence-corrected chi connectivity index (χ0v) is 11.6. The molecule has 0 radical (unpaired) electrons. The first kappa shape index (κ1) is 14.2. The maximum absolute atomic E-state index is 12.4. The van der Waals surface area contributed by atoms with E-state index in [1.165, 1.54) is 23.1 Å². The van der Waals surface area contributed by atoms with Crippen LogP contribution in [0.15, 0.2) is 18.2 Å². The number of benzene rings is 1. The number of halogens is 1. The number of aliphatic hydroxyl groups excluding tert-OH is 1. The van der Waals surface area contributed by atoms with E-state index in [1.807, 2.05) is 0 Å². The Kier molecular flexibility index (Phi) is 4.32. The quantitative estimate of drug-likeness (QED) is 0.876. The van der Waals surface area contributed by atoms with E-state index in [1.54, 1.807) is 7.05 Å². The first-order valence-corrected chi connectivity index (χ1v) is 6.82. The fraction of sp³-hybridized carbons (Fsp3) is 0.500. The molecular weight excluding hydrogens is 266 g/mol. The molecule has 2 rings (SSSR count). The van der Waals surface area contributed by atoms with E-state index in [9.17, 15) is 15.0 Å². The van der Waals surface area contributed by atoms with Crippen LogP contribution in [0.4, 0.5) is 0 Å². The molecule has 0 saturated heterocycles. The van der Waals surface area contributed by atoms with Crippen molar-refractivity contribution in [1.29, 1.82) is 0 Å². The monoisotopic (exact) mass is 283 g/mol. The van der Waals surface area contributed by atoms with Gasteiger partial charge in [-0.25, -0.2) is 0 Å². The molecule has 5 heteroatoms. The van der Waals surface area contributed by atoms with Crippen LogP contribution in [-0.4, -0.2) is 40.2 Å². The van der Waals surface area contributed by atoms with Crippen LogP contribution in [-0.2, 0) is 0 Å². The van der Waals surface area contributed by atoms with E-state index >= 15 is 0 Å². The minimum Gasteiger partial charge on any atom is -0.507 e. The highest BCUT2D eigenvalue weighted by atomic mass is 35.5. The Labute approximate surface area is 117 Å². The van der Waals surface area contributed by atoms with Crippen LogP contribution < -0.4 is 0 Å². The molecule has 0 heterocycles. The predicted molar refractivity (Wildman–Crippen MR) is 73.5 cm³/mol. The van der Waals surface area contributed by atoms with Crippen LogP contribution >= 0.6 is 11.6 Å². The second-order valence-electron chi connectivity index (χ2n) is 5.00. The standard InChI is InChI=1S/C14H18ClNO3/c1-16(11-4-2-3-5-13(11)18)14(19)10-8-9(15)6-7-12(10)17/h6-8,11,13,17-18H,2-5H2,1H3. The summed E-state index contributed by atoms with van der Waals surface area (Å²) >= 11 is 5.85. The topological polar surface area (TPSA) is 60.8 Å². The van der Waals surface area contributed by atoms with Gasteiger partial charge >= 0.3 is 0 Å². The molecule has 2 N–H and O–H groups in total. The third kappa shape index (κ3) is 3.01. The van der Waals surface area contributed by atoms with Crippen LogP contribution in [0.3, 0.4) is 0 Å². The van der Waals surface area contributed by atoms with Crippen molar-refractivity contribution >= 4 is 17.5 Å². The van der Waals surface area contributed by atoms with Crippen molar-refractivity contribution in [1.82, 2.24) is 4.90 Å². The first-order valence-electron chi connectivity index (χ1n) is 6.44. The summed E-state index contributed by atoms with van der Waals surface area (Å²) in [6, 6.07) is 4.19. The Bertz CT molecular complexity index is 478. The van der Waals surface area contributed by atoms with E-state index in [0.29, 0.717) is 11.4 Å². The lowest BCUT2D eigenvalue weighted by Gasteiger charge is -2.35. The molecule has 0 aliphatic heterocycles. The molecule has 2 unspecified atom stereocenters.